The van der Waals surface area contributed by atoms with E-state index in [9.17, 15) is 0 Å². The molecule has 3 heterocycles. The van der Waals surface area contributed by atoms with Gasteiger partial charge in [-0.1, -0.05) is 72.8 Å². The van der Waals surface area contributed by atoms with Crippen LogP contribution in [-0.4, -0.2) is 61.7 Å². The first kappa shape index (κ1) is 27.1. The molecule has 37 heavy (non-hydrogen) atoms. The quantitative estimate of drug-likeness (QED) is 0.270. The topological polar surface area (TPSA) is 41.6 Å². The Kier molecular flexibility index (Phi) is 8.87. The van der Waals surface area contributed by atoms with Crippen LogP contribution in [0.3, 0.4) is 0 Å². The monoisotopic (exact) mass is 536 g/mol. The van der Waals surface area contributed by atoms with Gasteiger partial charge in [-0.05, 0) is 43.1 Å². The zero-order valence-corrected chi connectivity index (χ0v) is 22.7. The van der Waals surface area contributed by atoms with Crippen molar-refractivity contribution < 1.29 is 0 Å². The predicted molar refractivity (Wildman–Crippen MR) is 155 cm³/mol. The van der Waals surface area contributed by atoms with E-state index in [0.717, 1.165) is 57.3 Å². The molecular formula is C29H34Cl2N6. The summed E-state index contributed by atoms with van der Waals surface area (Å²) in [5.41, 5.74) is 5.17. The second kappa shape index (κ2) is 12.1. The van der Waals surface area contributed by atoms with Crippen LogP contribution in [0.25, 0.3) is 16.8 Å². The molecule has 1 aliphatic heterocycles. The van der Waals surface area contributed by atoms with E-state index in [2.05, 4.69) is 114 Å². The highest BCUT2D eigenvalue weighted by Gasteiger charge is 2.26. The summed E-state index contributed by atoms with van der Waals surface area (Å²) < 4.78 is 4.49. The number of rotatable bonds is 7. The third-order valence-electron chi connectivity index (χ3n) is 7.32. The number of aromatic nitrogens is 4. The van der Waals surface area contributed by atoms with E-state index in [-0.39, 0.29) is 24.8 Å². The van der Waals surface area contributed by atoms with Crippen molar-refractivity contribution in [3.8, 4) is 0 Å². The van der Waals surface area contributed by atoms with E-state index in [1.807, 2.05) is 6.92 Å². The molecule has 1 saturated heterocycles. The Morgan fingerprint density at radius 3 is 1.86 bits per heavy atom. The third kappa shape index (κ3) is 5.39. The molecule has 6 rings (SSSR count). The fraction of sp³-hybridized carbons (Fsp3) is 0.310. The van der Waals surface area contributed by atoms with E-state index in [0.29, 0.717) is 6.04 Å². The normalized spacial score (nSPS) is 14.6. The molecule has 0 bridgehead atoms. The number of hydrogen-bond donors (Lipinski definition) is 0. The Balaban J connectivity index is 0.00000160. The number of piperazine rings is 1. The second-order valence-electron chi connectivity index (χ2n) is 9.48. The predicted octanol–water partition coefficient (Wildman–Crippen LogP) is 5.63. The minimum Gasteiger partial charge on any atom is -0.308 e. The Hall–Kier alpha value is -2.90. The van der Waals surface area contributed by atoms with Crippen molar-refractivity contribution in [1.29, 1.82) is 0 Å². The van der Waals surface area contributed by atoms with Crippen molar-refractivity contribution >= 4 is 41.6 Å². The molecule has 0 saturated carbocycles. The summed E-state index contributed by atoms with van der Waals surface area (Å²) in [5, 5.41) is 8.78. The van der Waals surface area contributed by atoms with Crippen molar-refractivity contribution in [3.63, 3.8) is 0 Å². The summed E-state index contributed by atoms with van der Waals surface area (Å²) in [6, 6.07) is 30.7. The lowest BCUT2D eigenvalue weighted by atomic mass is 9.96. The van der Waals surface area contributed by atoms with Gasteiger partial charge in [0.2, 0.25) is 5.78 Å². The van der Waals surface area contributed by atoms with Crippen LogP contribution in [0.15, 0.2) is 84.9 Å². The number of para-hydroxylation sites is 2. The summed E-state index contributed by atoms with van der Waals surface area (Å²) in [5.74, 6) is 1.89. The van der Waals surface area contributed by atoms with Crippen LogP contribution >= 0.6 is 24.8 Å². The molecular weight excluding hydrogens is 503 g/mol. The molecule has 2 aromatic heterocycles. The minimum absolute atomic E-state index is 0. The molecule has 3 aromatic carbocycles. The van der Waals surface area contributed by atoms with Crippen molar-refractivity contribution in [1.82, 2.24) is 29.0 Å². The fourth-order valence-corrected chi connectivity index (χ4v) is 5.60. The molecule has 1 fully saturated rings. The van der Waals surface area contributed by atoms with Crippen LogP contribution in [0.5, 0.6) is 0 Å². The Bertz CT molecular complexity index is 1370. The first-order valence-electron chi connectivity index (χ1n) is 12.6. The van der Waals surface area contributed by atoms with Gasteiger partial charge in [-0.3, -0.25) is 9.30 Å². The van der Waals surface area contributed by atoms with Crippen LogP contribution in [0.2, 0.25) is 0 Å². The Labute approximate surface area is 230 Å². The lowest BCUT2D eigenvalue weighted by molar-refractivity contribution is 0.108. The molecule has 0 N–H and O–H groups in total. The summed E-state index contributed by atoms with van der Waals surface area (Å²) in [7, 11) is 0. The van der Waals surface area contributed by atoms with E-state index >= 15 is 0 Å². The highest BCUT2D eigenvalue weighted by molar-refractivity contribution is 5.85. The number of nitrogens with zero attached hydrogens (tertiary/aromatic N) is 6. The van der Waals surface area contributed by atoms with E-state index in [1.54, 1.807) is 0 Å². The molecule has 0 spiro atoms. The molecule has 1 aliphatic rings. The second-order valence-corrected chi connectivity index (χ2v) is 9.48. The maximum absolute atomic E-state index is 4.46. The number of hydrogen-bond acceptors (Lipinski definition) is 4. The first-order valence-corrected chi connectivity index (χ1v) is 12.6. The molecule has 0 atom stereocenters. The van der Waals surface area contributed by atoms with Crippen molar-refractivity contribution in [2.45, 2.75) is 25.9 Å². The molecule has 0 aliphatic carbocycles. The number of benzene rings is 3. The number of halogens is 2. The Morgan fingerprint density at radius 1 is 0.676 bits per heavy atom. The summed E-state index contributed by atoms with van der Waals surface area (Å²) in [6.45, 7) is 8.43. The summed E-state index contributed by atoms with van der Waals surface area (Å²) in [6.07, 6.45) is 1.10. The van der Waals surface area contributed by atoms with E-state index < -0.39 is 0 Å². The fourth-order valence-electron chi connectivity index (χ4n) is 5.60. The molecule has 5 aromatic rings. The lowest BCUT2D eigenvalue weighted by Crippen LogP contribution is -2.48. The number of fused-ring (bicyclic) bond motifs is 3. The van der Waals surface area contributed by atoms with Gasteiger partial charge >= 0.3 is 0 Å². The van der Waals surface area contributed by atoms with Crippen LogP contribution in [0.4, 0.5) is 0 Å². The zero-order chi connectivity index (χ0) is 23.6. The Morgan fingerprint density at radius 2 is 1.24 bits per heavy atom. The third-order valence-corrected chi connectivity index (χ3v) is 7.32. The molecule has 6 nitrogen and oxygen atoms in total. The lowest BCUT2D eigenvalue weighted by Gasteiger charge is -2.39. The van der Waals surface area contributed by atoms with Crippen molar-refractivity contribution in [2.75, 3.05) is 32.7 Å². The first-order chi connectivity index (χ1) is 17.3. The van der Waals surface area contributed by atoms with Gasteiger partial charge in [0.05, 0.1) is 17.1 Å². The SMILES string of the molecule is Cc1nnc2n(CCCN3CCN(C(c4ccccc4)c4ccccc4)CC3)c3ccccc3n12.Cl.Cl. The van der Waals surface area contributed by atoms with E-state index in [1.165, 1.54) is 22.2 Å². The van der Waals surface area contributed by atoms with Gasteiger partial charge in [0.25, 0.3) is 0 Å². The molecule has 194 valence electrons. The smallest absolute Gasteiger partial charge is 0.236 e. The van der Waals surface area contributed by atoms with Gasteiger partial charge in [-0.2, -0.15) is 0 Å². The van der Waals surface area contributed by atoms with Gasteiger partial charge in [-0.25, -0.2) is 0 Å². The van der Waals surface area contributed by atoms with Gasteiger partial charge in [-0.15, -0.1) is 35.0 Å². The maximum atomic E-state index is 4.46. The van der Waals surface area contributed by atoms with Gasteiger partial charge < -0.3 is 9.47 Å². The highest BCUT2D eigenvalue weighted by atomic mass is 35.5. The molecule has 0 radical (unpaired) electrons. The van der Waals surface area contributed by atoms with Gasteiger partial charge in [0, 0.05) is 32.7 Å². The van der Waals surface area contributed by atoms with Crippen molar-refractivity contribution in [3.05, 3.63) is 102 Å². The van der Waals surface area contributed by atoms with Crippen LogP contribution in [-0.2, 0) is 6.54 Å². The minimum atomic E-state index is 0. The summed E-state index contributed by atoms with van der Waals surface area (Å²) in [4.78, 5) is 5.25. The van der Waals surface area contributed by atoms with E-state index in [4.69, 9.17) is 0 Å². The van der Waals surface area contributed by atoms with Crippen LogP contribution < -0.4 is 0 Å². The number of aryl methyl sites for hydroxylation is 2. The maximum Gasteiger partial charge on any atom is 0.236 e. The standard InChI is InChI=1S/C29H32N6.2ClH/c1-23-30-31-29-34(26-15-8-9-16-27(26)35(23)29)18-10-17-32-19-21-33(22-20-32)28(24-11-4-2-5-12-24)25-13-6-3-7-14-25;;/h2-9,11-16,28H,10,17-22H2,1H3;2*1H. The highest BCUT2D eigenvalue weighted by Crippen LogP contribution is 2.29. The van der Waals surface area contributed by atoms with Crippen LogP contribution in [0, 0.1) is 6.92 Å². The molecule has 0 amide bonds. The summed E-state index contributed by atoms with van der Waals surface area (Å²) >= 11 is 0. The largest absolute Gasteiger partial charge is 0.308 e. The average molecular weight is 538 g/mol. The average Bonchev–Trinajstić information content (AvgIpc) is 3.44. The van der Waals surface area contributed by atoms with Gasteiger partial charge in [0.1, 0.15) is 5.82 Å². The van der Waals surface area contributed by atoms with Crippen molar-refractivity contribution in [2.24, 2.45) is 0 Å². The zero-order valence-electron chi connectivity index (χ0n) is 21.1. The molecule has 8 heteroatoms. The number of imidazole rings is 1. The van der Waals surface area contributed by atoms with Crippen LogP contribution in [0.1, 0.15) is 29.4 Å². The van der Waals surface area contributed by atoms with Gasteiger partial charge in [0.15, 0.2) is 0 Å². The molecule has 0 unspecified atom stereocenters.